The van der Waals surface area contributed by atoms with Crippen LogP contribution in [0.1, 0.15) is 5.56 Å². The Morgan fingerprint density at radius 1 is 1.33 bits per heavy atom. The Kier molecular flexibility index (Phi) is 3.39. The highest BCUT2D eigenvalue weighted by atomic mass is 16.5. The molecule has 0 saturated carbocycles. The number of anilines is 2. The standard InChI is InChI=1S/C13H12N4O/c1-17(11-4-3-5-12(8-11)18-2)13-10(9-14)6-7-15-16-13/h3-8H,1-2H3. The molecule has 1 aromatic carbocycles. The van der Waals surface area contributed by atoms with Crippen molar-refractivity contribution in [3.05, 3.63) is 42.1 Å². The average Bonchev–Trinajstić information content (AvgIpc) is 2.46. The van der Waals surface area contributed by atoms with Crippen LogP contribution >= 0.6 is 0 Å². The van der Waals surface area contributed by atoms with Crippen LogP contribution in [0.5, 0.6) is 5.75 Å². The van der Waals surface area contributed by atoms with Gasteiger partial charge in [0.1, 0.15) is 11.8 Å². The Labute approximate surface area is 105 Å². The number of benzene rings is 1. The molecule has 0 aliphatic heterocycles. The first-order valence-electron chi connectivity index (χ1n) is 5.36. The number of nitriles is 1. The maximum Gasteiger partial charge on any atom is 0.173 e. The van der Waals surface area contributed by atoms with Crippen molar-refractivity contribution in [1.29, 1.82) is 5.26 Å². The minimum Gasteiger partial charge on any atom is -0.497 e. The van der Waals surface area contributed by atoms with Gasteiger partial charge in [0, 0.05) is 18.8 Å². The van der Waals surface area contributed by atoms with Gasteiger partial charge in [0.15, 0.2) is 5.82 Å². The molecule has 0 aliphatic rings. The molecule has 0 amide bonds. The van der Waals surface area contributed by atoms with Gasteiger partial charge in [0.2, 0.25) is 0 Å². The van der Waals surface area contributed by atoms with Crippen molar-refractivity contribution >= 4 is 11.5 Å². The molecule has 0 fully saturated rings. The molecule has 18 heavy (non-hydrogen) atoms. The van der Waals surface area contributed by atoms with E-state index in [9.17, 15) is 0 Å². The molecule has 0 N–H and O–H groups in total. The third-order valence-corrected chi connectivity index (χ3v) is 2.58. The summed E-state index contributed by atoms with van der Waals surface area (Å²) in [5, 5.41) is 16.8. The van der Waals surface area contributed by atoms with Crippen molar-refractivity contribution in [2.24, 2.45) is 0 Å². The minimum atomic E-state index is 0.482. The number of nitrogens with zero attached hydrogens (tertiary/aromatic N) is 4. The molecule has 0 radical (unpaired) electrons. The summed E-state index contributed by atoms with van der Waals surface area (Å²) in [6, 6.07) is 11.3. The lowest BCUT2D eigenvalue weighted by atomic mass is 10.2. The fourth-order valence-electron chi connectivity index (χ4n) is 1.60. The third kappa shape index (κ3) is 2.23. The van der Waals surface area contributed by atoms with Gasteiger partial charge >= 0.3 is 0 Å². The Morgan fingerprint density at radius 2 is 2.17 bits per heavy atom. The monoisotopic (exact) mass is 240 g/mol. The fourth-order valence-corrected chi connectivity index (χ4v) is 1.60. The van der Waals surface area contributed by atoms with Gasteiger partial charge in [-0.1, -0.05) is 6.07 Å². The van der Waals surface area contributed by atoms with Crippen LogP contribution in [0.15, 0.2) is 36.5 Å². The van der Waals surface area contributed by atoms with Gasteiger partial charge in [-0.15, -0.1) is 5.10 Å². The highest BCUT2D eigenvalue weighted by molar-refractivity contribution is 5.65. The van der Waals surface area contributed by atoms with Crippen LogP contribution < -0.4 is 9.64 Å². The molecule has 2 aromatic rings. The second-order valence-electron chi connectivity index (χ2n) is 3.64. The molecular formula is C13H12N4O. The van der Waals surface area contributed by atoms with E-state index in [2.05, 4.69) is 16.3 Å². The fraction of sp³-hybridized carbons (Fsp3) is 0.154. The summed E-state index contributed by atoms with van der Waals surface area (Å²) in [6.07, 6.45) is 1.50. The van der Waals surface area contributed by atoms with Gasteiger partial charge < -0.3 is 9.64 Å². The first kappa shape index (κ1) is 11.9. The Bertz CT molecular complexity index is 592. The topological polar surface area (TPSA) is 62.0 Å². The molecule has 0 spiro atoms. The predicted molar refractivity (Wildman–Crippen MR) is 67.8 cm³/mol. The Balaban J connectivity index is 2.41. The average molecular weight is 240 g/mol. The first-order valence-corrected chi connectivity index (χ1v) is 5.36. The lowest BCUT2D eigenvalue weighted by molar-refractivity contribution is 0.415. The molecule has 0 bridgehead atoms. The third-order valence-electron chi connectivity index (χ3n) is 2.58. The van der Waals surface area contributed by atoms with Crippen molar-refractivity contribution < 1.29 is 4.74 Å². The molecule has 0 saturated heterocycles. The molecule has 1 heterocycles. The SMILES string of the molecule is COc1cccc(N(C)c2nnccc2C#N)c1. The van der Waals surface area contributed by atoms with E-state index in [4.69, 9.17) is 10.00 Å². The Hall–Kier alpha value is -2.61. The van der Waals surface area contributed by atoms with Crippen LogP contribution in [0.2, 0.25) is 0 Å². The van der Waals surface area contributed by atoms with E-state index in [0.29, 0.717) is 11.4 Å². The van der Waals surface area contributed by atoms with Crippen molar-refractivity contribution in [2.45, 2.75) is 0 Å². The number of aromatic nitrogens is 2. The quantitative estimate of drug-likeness (QED) is 0.822. The molecule has 1 aromatic heterocycles. The summed E-state index contributed by atoms with van der Waals surface area (Å²) in [4.78, 5) is 1.80. The number of hydrogen-bond acceptors (Lipinski definition) is 5. The van der Waals surface area contributed by atoms with Crippen LogP contribution in [0.3, 0.4) is 0 Å². The molecule has 90 valence electrons. The maximum absolute atomic E-state index is 9.05. The number of methoxy groups -OCH3 is 1. The minimum absolute atomic E-state index is 0.482. The zero-order valence-corrected chi connectivity index (χ0v) is 10.2. The summed E-state index contributed by atoms with van der Waals surface area (Å²) in [6.45, 7) is 0. The molecular weight excluding hydrogens is 228 g/mol. The van der Waals surface area contributed by atoms with E-state index in [1.807, 2.05) is 31.3 Å². The smallest absolute Gasteiger partial charge is 0.173 e. The second kappa shape index (κ2) is 5.15. The van der Waals surface area contributed by atoms with E-state index in [1.54, 1.807) is 18.1 Å². The molecule has 5 heteroatoms. The van der Waals surface area contributed by atoms with Crippen LogP contribution in [-0.4, -0.2) is 24.4 Å². The van der Waals surface area contributed by atoms with E-state index >= 15 is 0 Å². The Morgan fingerprint density at radius 3 is 2.89 bits per heavy atom. The highest BCUT2D eigenvalue weighted by Crippen LogP contribution is 2.26. The van der Waals surface area contributed by atoms with E-state index in [-0.39, 0.29) is 0 Å². The number of hydrogen-bond donors (Lipinski definition) is 0. The van der Waals surface area contributed by atoms with Gasteiger partial charge in [-0.2, -0.15) is 10.4 Å². The molecule has 2 rings (SSSR count). The first-order chi connectivity index (χ1) is 8.76. The van der Waals surface area contributed by atoms with Gasteiger partial charge in [-0.3, -0.25) is 0 Å². The van der Waals surface area contributed by atoms with Crippen molar-refractivity contribution in [3.63, 3.8) is 0 Å². The van der Waals surface area contributed by atoms with Crippen molar-refractivity contribution in [2.75, 3.05) is 19.1 Å². The highest BCUT2D eigenvalue weighted by Gasteiger charge is 2.11. The summed E-state index contributed by atoms with van der Waals surface area (Å²) in [5.74, 6) is 1.27. The van der Waals surface area contributed by atoms with Gasteiger partial charge in [-0.05, 0) is 18.2 Å². The van der Waals surface area contributed by atoms with Crippen molar-refractivity contribution in [3.8, 4) is 11.8 Å². The van der Waals surface area contributed by atoms with Crippen molar-refractivity contribution in [1.82, 2.24) is 10.2 Å². The summed E-state index contributed by atoms with van der Waals surface area (Å²) in [7, 11) is 3.45. The predicted octanol–water partition coefficient (Wildman–Crippen LogP) is 2.12. The zero-order chi connectivity index (χ0) is 13.0. The summed E-state index contributed by atoms with van der Waals surface area (Å²) in [5.41, 5.74) is 1.36. The van der Waals surface area contributed by atoms with E-state index < -0.39 is 0 Å². The lowest BCUT2D eigenvalue weighted by Gasteiger charge is -2.18. The van der Waals surface area contributed by atoms with Crippen LogP contribution in [0, 0.1) is 11.3 Å². The second-order valence-corrected chi connectivity index (χ2v) is 3.64. The van der Waals surface area contributed by atoms with Gasteiger partial charge in [-0.25, -0.2) is 0 Å². The normalized spacial score (nSPS) is 9.61. The molecule has 0 aliphatic carbocycles. The zero-order valence-electron chi connectivity index (χ0n) is 10.2. The lowest BCUT2D eigenvalue weighted by Crippen LogP contribution is -2.13. The largest absolute Gasteiger partial charge is 0.497 e. The van der Waals surface area contributed by atoms with Crippen LogP contribution in [0.4, 0.5) is 11.5 Å². The van der Waals surface area contributed by atoms with E-state index in [0.717, 1.165) is 11.4 Å². The summed E-state index contributed by atoms with van der Waals surface area (Å²) < 4.78 is 5.17. The van der Waals surface area contributed by atoms with Gasteiger partial charge in [0.25, 0.3) is 0 Å². The summed E-state index contributed by atoms with van der Waals surface area (Å²) >= 11 is 0. The van der Waals surface area contributed by atoms with E-state index in [1.165, 1.54) is 6.20 Å². The molecule has 0 atom stereocenters. The van der Waals surface area contributed by atoms with Crippen LogP contribution in [0.25, 0.3) is 0 Å². The number of rotatable bonds is 3. The van der Waals surface area contributed by atoms with Gasteiger partial charge in [0.05, 0.1) is 18.9 Å². The maximum atomic E-state index is 9.05. The molecule has 5 nitrogen and oxygen atoms in total. The molecule has 0 unspecified atom stereocenters. The van der Waals surface area contributed by atoms with Crippen LogP contribution in [-0.2, 0) is 0 Å². The number of ether oxygens (including phenoxy) is 1.